The molecule has 194 valence electrons. The minimum Gasteiger partial charge on any atom is -0.462 e. The number of aryl methyl sites for hydroxylation is 1. The van der Waals surface area contributed by atoms with Crippen molar-refractivity contribution < 1.29 is 23.5 Å². The Morgan fingerprint density at radius 3 is 2.32 bits per heavy atom. The first-order chi connectivity index (χ1) is 17.8. The Balaban J connectivity index is 1.46. The predicted molar refractivity (Wildman–Crippen MR) is 141 cm³/mol. The Morgan fingerprint density at radius 2 is 1.73 bits per heavy atom. The molecule has 0 unspecified atom stereocenters. The molecule has 4 rings (SSSR count). The highest BCUT2D eigenvalue weighted by atomic mass is 32.1. The smallest absolute Gasteiger partial charge is 0.338 e. The summed E-state index contributed by atoms with van der Waals surface area (Å²) < 4.78 is 18.4. The Kier molecular flexibility index (Phi) is 8.55. The van der Waals surface area contributed by atoms with Gasteiger partial charge in [0.25, 0.3) is 0 Å². The number of esters is 1. The number of hydrogen-bond acceptors (Lipinski definition) is 5. The van der Waals surface area contributed by atoms with E-state index in [-0.39, 0.29) is 36.9 Å². The largest absolute Gasteiger partial charge is 0.462 e. The molecule has 1 aliphatic carbocycles. The molecule has 3 amide bonds. The van der Waals surface area contributed by atoms with E-state index < -0.39 is 5.97 Å². The maximum Gasteiger partial charge on any atom is 0.338 e. The number of nitrogens with one attached hydrogen (secondary N) is 1. The van der Waals surface area contributed by atoms with Crippen LogP contribution in [0.25, 0.3) is 0 Å². The van der Waals surface area contributed by atoms with Gasteiger partial charge in [-0.3, -0.25) is 4.79 Å². The second-order valence-corrected chi connectivity index (χ2v) is 9.99. The molecule has 0 radical (unpaired) electrons. The number of anilines is 1. The van der Waals surface area contributed by atoms with Gasteiger partial charge in [0, 0.05) is 23.2 Å². The third-order valence-corrected chi connectivity index (χ3v) is 7.15. The van der Waals surface area contributed by atoms with Crippen LogP contribution >= 0.6 is 11.3 Å². The molecule has 1 N–H and O–H groups in total. The average molecular weight is 524 g/mol. The summed E-state index contributed by atoms with van der Waals surface area (Å²) in [5.74, 6) is -0.938. The van der Waals surface area contributed by atoms with Crippen LogP contribution in [0.1, 0.15) is 46.1 Å². The predicted octanol–water partition coefficient (Wildman–Crippen LogP) is 5.60. The average Bonchev–Trinajstić information content (AvgIpc) is 3.65. The summed E-state index contributed by atoms with van der Waals surface area (Å²) in [6.45, 7) is 4.68. The molecule has 0 spiro atoms. The van der Waals surface area contributed by atoms with Gasteiger partial charge in [0.2, 0.25) is 5.91 Å². The molecule has 1 aromatic heterocycles. The second kappa shape index (κ2) is 12.0. The van der Waals surface area contributed by atoms with Crippen molar-refractivity contribution in [2.45, 2.75) is 45.8 Å². The Hall–Kier alpha value is -3.72. The van der Waals surface area contributed by atoms with Crippen molar-refractivity contribution >= 4 is 34.9 Å². The number of rotatable bonds is 10. The monoisotopic (exact) mass is 523 g/mol. The zero-order valence-electron chi connectivity index (χ0n) is 20.9. The van der Waals surface area contributed by atoms with Gasteiger partial charge in [-0.05, 0) is 85.7 Å². The van der Waals surface area contributed by atoms with E-state index in [2.05, 4.69) is 5.32 Å². The van der Waals surface area contributed by atoms with Gasteiger partial charge in [0.05, 0.1) is 18.7 Å². The van der Waals surface area contributed by atoms with Gasteiger partial charge in [-0.1, -0.05) is 12.1 Å². The molecular weight excluding hydrogens is 493 g/mol. The lowest BCUT2D eigenvalue weighted by Crippen LogP contribution is -2.45. The molecule has 2 aromatic carbocycles. The van der Waals surface area contributed by atoms with Crippen LogP contribution in [0.2, 0.25) is 0 Å². The van der Waals surface area contributed by atoms with Crippen LogP contribution in [0.15, 0.2) is 60.0 Å². The van der Waals surface area contributed by atoms with Crippen molar-refractivity contribution in [1.82, 2.24) is 9.80 Å². The van der Waals surface area contributed by atoms with E-state index in [1.165, 1.54) is 12.1 Å². The van der Waals surface area contributed by atoms with Crippen LogP contribution < -0.4 is 5.32 Å². The molecule has 0 bridgehead atoms. The third kappa shape index (κ3) is 7.16. The summed E-state index contributed by atoms with van der Waals surface area (Å²) in [6, 6.07) is 14.2. The van der Waals surface area contributed by atoms with Gasteiger partial charge >= 0.3 is 12.0 Å². The number of thiophene rings is 1. The SMILES string of the molecule is CCOC(=O)c1ccc(NC(=O)N(CC(=O)N(Cc2ccc(F)cc2)Cc2sccc2C)C2CC2)cc1. The molecule has 37 heavy (non-hydrogen) atoms. The topological polar surface area (TPSA) is 79.0 Å². The van der Waals surface area contributed by atoms with Gasteiger partial charge in [-0.15, -0.1) is 11.3 Å². The molecule has 3 aromatic rings. The van der Waals surface area contributed by atoms with Crippen LogP contribution in [-0.2, 0) is 22.6 Å². The number of halogens is 1. The number of ether oxygens (including phenoxy) is 1. The fraction of sp³-hybridized carbons (Fsp3) is 0.321. The molecule has 1 saturated carbocycles. The van der Waals surface area contributed by atoms with Gasteiger partial charge in [-0.2, -0.15) is 0 Å². The highest BCUT2D eigenvalue weighted by Gasteiger charge is 2.35. The number of urea groups is 1. The lowest BCUT2D eigenvalue weighted by Gasteiger charge is -2.28. The molecule has 0 aliphatic heterocycles. The Bertz CT molecular complexity index is 1240. The van der Waals surface area contributed by atoms with Crippen LogP contribution in [0.5, 0.6) is 0 Å². The van der Waals surface area contributed by atoms with E-state index in [4.69, 9.17) is 4.74 Å². The molecule has 1 heterocycles. The molecule has 1 fully saturated rings. The lowest BCUT2D eigenvalue weighted by molar-refractivity contribution is -0.133. The molecule has 7 nitrogen and oxygen atoms in total. The Morgan fingerprint density at radius 1 is 1.03 bits per heavy atom. The van der Waals surface area contributed by atoms with Crippen molar-refractivity contribution in [1.29, 1.82) is 0 Å². The fourth-order valence-electron chi connectivity index (χ4n) is 3.88. The van der Waals surface area contributed by atoms with E-state index >= 15 is 0 Å². The van der Waals surface area contributed by atoms with Crippen molar-refractivity contribution in [3.63, 3.8) is 0 Å². The normalized spacial score (nSPS) is 12.6. The maximum atomic E-state index is 13.5. The summed E-state index contributed by atoms with van der Waals surface area (Å²) in [5.41, 5.74) is 2.83. The summed E-state index contributed by atoms with van der Waals surface area (Å²) in [5, 5.41) is 4.83. The summed E-state index contributed by atoms with van der Waals surface area (Å²) in [6.07, 6.45) is 1.68. The molecular formula is C28H30FN3O4S. The third-order valence-electron chi connectivity index (χ3n) is 6.14. The van der Waals surface area contributed by atoms with Gasteiger partial charge in [-0.25, -0.2) is 14.0 Å². The number of nitrogens with zero attached hydrogens (tertiary/aromatic N) is 2. The minimum absolute atomic E-state index is 0.00102. The van der Waals surface area contributed by atoms with E-state index in [1.807, 2.05) is 18.4 Å². The standard InChI is InChI=1S/C28H30FN3O4S/c1-3-36-27(34)21-6-10-23(11-7-21)30-28(35)32(24-12-13-24)18-26(33)31(17-25-19(2)14-15-37-25)16-20-4-8-22(29)9-5-20/h4-11,14-15,24H,3,12-13,16-18H2,1-2H3,(H,30,35). The number of hydrogen-bond donors (Lipinski definition) is 1. The van der Waals surface area contributed by atoms with Crippen molar-refractivity contribution in [3.8, 4) is 0 Å². The summed E-state index contributed by atoms with van der Waals surface area (Å²) in [7, 11) is 0. The number of carbonyl (C=O) groups excluding carboxylic acids is 3. The molecule has 9 heteroatoms. The van der Waals surface area contributed by atoms with E-state index in [1.54, 1.807) is 64.5 Å². The number of benzene rings is 2. The fourth-order valence-corrected chi connectivity index (χ4v) is 4.80. The zero-order valence-corrected chi connectivity index (χ0v) is 21.7. The molecule has 1 aliphatic rings. The van der Waals surface area contributed by atoms with E-state index in [9.17, 15) is 18.8 Å². The quantitative estimate of drug-likeness (QED) is 0.351. The minimum atomic E-state index is -0.423. The zero-order chi connectivity index (χ0) is 26.4. The first kappa shape index (κ1) is 26.3. The number of carbonyl (C=O) groups is 3. The first-order valence-corrected chi connectivity index (χ1v) is 13.1. The highest BCUT2D eigenvalue weighted by molar-refractivity contribution is 7.10. The van der Waals surface area contributed by atoms with E-state index in [0.717, 1.165) is 28.8 Å². The maximum absolute atomic E-state index is 13.5. The van der Waals surface area contributed by atoms with Crippen LogP contribution in [-0.4, -0.2) is 46.9 Å². The van der Waals surface area contributed by atoms with Crippen molar-refractivity contribution in [2.24, 2.45) is 0 Å². The van der Waals surface area contributed by atoms with Gasteiger partial charge in [0.1, 0.15) is 12.4 Å². The molecule has 0 atom stereocenters. The van der Waals surface area contributed by atoms with E-state index in [0.29, 0.717) is 24.3 Å². The van der Waals surface area contributed by atoms with Crippen molar-refractivity contribution in [2.75, 3.05) is 18.5 Å². The van der Waals surface area contributed by atoms with Crippen molar-refractivity contribution in [3.05, 3.63) is 87.4 Å². The highest BCUT2D eigenvalue weighted by Crippen LogP contribution is 2.28. The van der Waals surface area contributed by atoms with Crippen LogP contribution in [0.4, 0.5) is 14.9 Å². The van der Waals surface area contributed by atoms with Gasteiger partial charge < -0.3 is 19.9 Å². The van der Waals surface area contributed by atoms with Gasteiger partial charge in [0.15, 0.2) is 0 Å². The van der Waals surface area contributed by atoms with Crippen LogP contribution in [0.3, 0.4) is 0 Å². The summed E-state index contributed by atoms with van der Waals surface area (Å²) >= 11 is 1.58. The van der Waals surface area contributed by atoms with Crippen LogP contribution in [0, 0.1) is 12.7 Å². The molecule has 0 saturated heterocycles. The Labute approximate surface area is 219 Å². The lowest BCUT2D eigenvalue weighted by atomic mass is 10.2. The number of amides is 3. The summed E-state index contributed by atoms with van der Waals surface area (Å²) in [4.78, 5) is 42.9. The first-order valence-electron chi connectivity index (χ1n) is 12.2. The second-order valence-electron chi connectivity index (χ2n) is 8.99.